The highest BCUT2D eigenvalue weighted by Crippen LogP contribution is 2.43. The summed E-state index contributed by atoms with van der Waals surface area (Å²) in [6.07, 6.45) is 7.46. The first-order valence-corrected chi connectivity index (χ1v) is 12.0. The number of hydrogen-bond donors (Lipinski definition) is 2. The Balaban J connectivity index is 0.00000107. The van der Waals surface area contributed by atoms with E-state index in [2.05, 4.69) is 12.2 Å². The molecule has 8 heteroatoms. The summed E-state index contributed by atoms with van der Waals surface area (Å²) < 4.78 is 27.5. The number of aromatic hydroxyl groups is 1. The number of para-hydroxylation sites is 1. The molecular formula is C23H30N2O5S. The van der Waals surface area contributed by atoms with Crippen molar-refractivity contribution in [3.63, 3.8) is 0 Å². The van der Waals surface area contributed by atoms with Gasteiger partial charge in [-0.2, -0.15) is 9.59 Å². The highest BCUT2D eigenvalue weighted by Gasteiger charge is 2.35. The summed E-state index contributed by atoms with van der Waals surface area (Å²) in [4.78, 5) is 16.5. The van der Waals surface area contributed by atoms with E-state index in [0.29, 0.717) is 5.69 Å². The topological polar surface area (TPSA) is 104 Å². The van der Waals surface area contributed by atoms with Crippen LogP contribution in [0.2, 0.25) is 0 Å². The van der Waals surface area contributed by atoms with Crippen LogP contribution in [0.15, 0.2) is 47.4 Å². The van der Waals surface area contributed by atoms with Crippen molar-refractivity contribution in [2.75, 3.05) is 17.9 Å². The molecule has 1 atom stereocenters. The zero-order valence-corrected chi connectivity index (χ0v) is 18.8. The number of sulfonamides is 1. The second-order valence-electron chi connectivity index (χ2n) is 7.46. The SMILES string of the molecule is CCCCCCCCNC1c2ccccc2S(=O)(=O)N(C)c2c(O)cccc21.O=C=O. The third kappa shape index (κ3) is 5.73. The Kier molecular flexibility index (Phi) is 9.24. The van der Waals surface area contributed by atoms with E-state index in [-0.39, 0.29) is 22.8 Å². The molecule has 0 spiro atoms. The van der Waals surface area contributed by atoms with E-state index in [1.807, 2.05) is 18.2 Å². The maximum atomic E-state index is 13.1. The first-order valence-electron chi connectivity index (χ1n) is 10.5. The Bertz CT molecular complexity index is 1000. The first kappa shape index (κ1) is 24.6. The standard InChI is InChI=1S/C22H30N2O3S.CO2/c1-3-4-5-6-7-10-16-23-21-17-12-8-9-15-20(17)28(26,27)24(2)22-18(21)13-11-14-19(22)25;2-1-3/h8-9,11-15,21,23,25H,3-7,10,16H2,1-2H3;. The molecule has 1 heterocycles. The molecule has 1 aliphatic rings. The van der Waals surface area contributed by atoms with Gasteiger partial charge in [0.15, 0.2) is 0 Å². The molecule has 0 saturated heterocycles. The van der Waals surface area contributed by atoms with Crippen molar-refractivity contribution >= 4 is 21.9 Å². The summed E-state index contributed by atoms with van der Waals surface area (Å²) in [5.41, 5.74) is 1.85. The average molecular weight is 447 g/mol. The van der Waals surface area contributed by atoms with Gasteiger partial charge in [-0.1, -0.05) is 69.4 Å². The maximum Gasteiger partial charge on any atom is 0.373 e. The predicted molar refractivity (Wildman–Crippen MR) is 118 cm³/mol. The van der Waals surface area contributed by atoms with Crippen molar-refractivity contribution in [2.45, 2.75) is 56.4 Å². The van der Waals surface area contributed by atoms with Crippen molar-refractivity contribution in [3.8, 4) is 5.75 Å². The van der Waals surface area contributed by atoms with Gasteiger partial charge in [-0.15, -0.1) is 0 Å². The monoisotopic (exact) mass is 446 g/mol. The molecule has 3 rings (SSSR count). The van der Waals surface area contributed by atoms with Crippen LogP contribution >= 0.6 is 0 Å². The maximum absolute atomic E-state index is 13.1. The Morgan fingerprint density at radius 2 is 1.58 bits per heavy atom. The van der Waals surface area contributed by atoms with Crippen molar-refractivity contribution in [3.05, 3.63) is 53.6 Å². The number of phenols is 1. The van der Waals surface area contributed by atoms with E-state index >= 15 is 0 Å². The van der Waals surface area contributed by atoms with Gasteiger partial charge < -0.3 is 10.4 Å². The van der Waals surface area contributed by atoms with E-state index in [1.54, 1.807) is 18.2 Å². The van der Waals surface area contributed by atoms with Crippen molar-refractivity contribution in [1.82, 2.24) is 5.32 Å². The van der Waals surface area contributed by atoms with Crippen LogP contribution < -0.4 is 9.62 Å². The van der Waals surface area contributed by atoms with Gasteiger partial charge in [-0.05, 0) is 30.7 Å². The number of benzene rings is 2. The molecule has 31 heavy (non-hydrogen) atoms. The molecule has 0 saturated carbocycles. The smallest absolute Gasteiger partial charge is 0.373 e. The van der Waals surface area contributed by atoms with E-state index in [9.17, 15) is 13.5 Å². The molecule has 2 aromatic carbocycles. The fourth-order valence-electron chi connectivity index (χ4n) is 3.89. The molecular weight excluding hydrogens is 416 g/mol. The molecule has 2 aromatic rings. The summed E-state index contributed by atoms with van der Waals surface area (Å²) in [6, 6.07) is 12.0. The van der Waals surface area contributed by atoms with Gasteiger partial charge in [-0.3, -0.25) is 4.31 Å². The van der Waals surface area contributed by atoms with E-state index < -0.39 is 10.0 Å². The molecule has 0 fully saturated rings. The Hall–Kier alpha value is -2.67. The molecule has 168 valence electrons. The normalized spacial score (nSPS) is 16.2. The van der Waals surface area contributed by atoms with Gasteiger partial charge in [-0.25, -0.2) is 8.42 Å². The number of nitrogens with zero attached hydrogens (tertiary/aromatic N) is 1. The van der Waals surface area contributed by atoms with Crippen molar-refractivity contribution < 1.29 is 23.1 Å². The number of hydrogen-bond acceptors (Lipinski definition) is 6. The summed E-state index contributed by atoms with van der Waals surface area (Å²) in [7, 11) is -2.24. The third-order valence-corrected chi connectivity index (χ3v) is 7.25. The van der Waals surface area contributed by atoms with Crippen molar-refractivity contribution in [1.29, 1.82) is 0 Å². The largest absolute Gasteiger partial charge is 0.506 e. The fraction of sp³-hybridized carbons (Fsp3) is 0.435. The molecule has 7 nitrogen and oxygen atoms in total. The van der Waals surface area contributed by atoms with Crippen LogP contribution in [0.4, 0.5) is 5.69 Å². The van der Waals surface area contributed by atoms with Gasteiger partial charge in [0.05, 0.1) is 16.6 Å². The molecule has 0 aromatic heterocycles. The van der Waals surface area contributed by atoms with Gasteiger partial charge in [0, 0.05) is 12.6 Å². The number of unbranched alkanes of at least 4 members (excludes halogenated alkanes) is 5. The number of anilines is 1. The summed E-state index contributed by atoms with van der Waals surface area (Å²) in [5, 5.41) is 14.0. The second-order valence-corrected chi connectivity index (χ2v) is 9.40. The zero-order valence-electron chi connectivity index (χ0n) is 18.0. The lowest BCUT2D eigenvalue weighted by atomic mass is 9.96. The van der Waals surface area contributed by atoms with E-state index in [0.717, 1.165) is 30.5 Å². The van der Waals surface area contributed by atoms with Gasteiger partial charge in [0.1, 0.15) is 5.75 Å². The fourth-order valence-corrected chi connectivity index (χ4v) is 5.35. The lowest BCUT2D eigenvalue weighted by Crippen LogP contribution is -2.26. The van der Waals surface area contributed by atoms with E-state index in [4.69, 9.17) is 9.59 Å². The first-order chi connectivity index (χ1) is 14.9. The minimum absolute atomic E-state index is 0.0252. The predicted octanol–water partition coefficient (Wildman–Crippen LogP) is 3.99. The Morgan fingerprint density at radius 3 is 2.29 bits per heavy atom. The van der Waals surface area contributed by atoms with Crippen LogP contribution in [0.1, 0.15) is 62.6 Å². The molecule has 0 bridgehead atoms. The molecule has 2 N–H and O–H groups in total. The average Bonchev–Trinajstić information content (AvgIpc) is 2.82. The molecule has 0 radical (unpaired) electrons. The number of carbonyl (C=O) groups excluding carboxylic acids is 2. The lowest BCUT2D eigenvalue weighted by Gasteiger charge is -2.23. The van der Waals surface area contributed by atoms with Gasteiger partial charge in [0.25, 0.3) is 10.0 Å². The molecule has 1 unspecified atom stereocenters. The van der Waals surface area contributed by atoms with Crippen molar-refractivity contribution in [2.24, 2.45) is 0 Å². The van der Waals surface area contributed by atoms with Crippen LogP contribution in [0.25, 0.3) is 0 Å². The van der Waals surface area contributed by atoms with Crippen LogP contribution in [-0.2, 0) is 19.6 Å². The Labute approximate surface area is 184 Å². The number of rotatable bonds is 8. The summed E-state index contributed by atoms with van der Waals surface area (Å²) in [6.45, 7) is 3.01. The summed E-state index contributed by atoms with van der Waals surface area (Å²) in [5.74, 6) is -0.0252. The number of phenolic OH excluding ortho intramolecular Hbond substituents is 1. The summed E-state index contributed by atoms with van der Waals surface area (Å²) >= 11 is 0. The Morgan fingerprint density at radius 1 is 0.968 bits per heavy atom. The van der Waals surface area contributed by atoms with Crippen LogP contribution in [-0.4, -0.2) is 33.3 Å². The highest BCUT2D eigenvalue weighted by atomic mass is 32.2. The lowest BCUT2D eigenvalue weighted by molar-refractivity contribution is -0.191. The van der Waals surface area contributed by atoms with Crippen LogP contribution in [0.5, 0.6) is 5.75 Å². The molecule has 0 aliphatic carbocycles. The third-order valence-electron chi connectivity index (χ3n) is 5.42. The molecule has 1 aliphatic heterocycles. The minimum Gasteiger partial charge on any atom is -0.506 e. The number of nitrogens with one attached hydrogen (secondary N) is 1. The van der Waals surface area contributed by atoms with E-state index in [1.165, 1.54) is 43.1 Å². The quantitative estimate of drug-likeness (QED) is 0.594. The number of fused-ring (bicyclic) bond motifs is 2. The van der Waals surface area contributed by atoms with Gasteiger partial charge >= 0.3 is 6.15 Å². The van der Waals surface area contributed by atoms with Crippen LogP contribution in [0.3, 0.4) is 0 Å². The zero-order chi connectivity index (χ0) is 22.9. The van der Waals surface area contributed by atoms with Crippen LogP contribution in [0, 0.1) is 0 Å². The minimum atomic E-state index is -3.74. The highest BCUT2D eigenvalue weighted by molar-refractivity contribution is 7.92. The molecule has 0 amide bonds. The van der Waals surface area contributed by atoms with Gasteiger partial charge in [0.2, 0.25) is 0 Å². The second kappa shape index (κ2) is 11.6.